The number of hydrogen-bond acceptors (Lipinski definition) is 4. The van der Waals surface area contributed by atoms with E-state index in [1.807, 2.05) is 0 Å². The quantitative estimate of drug-likeness (QED) is 0.120. The molecule has 0 N–H and O–H groups in total. The minimum absolute atomic E-state index is 0.130. The van der Waals surface area contributed by atoms with Crippen LogP contribution in [0.15, 0.2) is 97.1 Å². The molecule has 2 saturated heterocycles. The minimum Gasteiger partial charge on any atom is -0.195 e. The maximum atomic E-state index is 6.05. The molecule has 4 aromatic rings. The van der Waals surface area contributed by atoms with Gasteiger partial charge in [-0.3, -0.25) is 0 Å². The Balaban J connectivity index is 1.52. The lowest BCUT2D eigenvalue weighted by Gasteiger charge is -2.66. The molecule has 2 spiro atoms. The largest absolute Gasteiger partial charge is 0.234 e. The molecule has 2 saturated carbocycles. The molecule has 0 amide bonds. The Morgan fingerprint density at radius 2 is 0.745 bits per heavy atom. The van der Waals surface area contributed by atoms with Crippen LogP contribution < -0.4 is 0 Å². The molecule has 8 rings (SSSR count). The molecule has 4 nitrogen and oxygen atoms in total. The fourth-order valence-electron chi connectivity index (χ4n) is 12.2. The normalized spacial score (nSPS) is 27.1. The zero-order valence-electron chi connectivity index (χ0n) is 35.1. The van der Waals surface area contributed by atoms with Crippen molar-refractivity contribution in [2.75, 3.05) is 0 Å². The predicted molar refractivity (Wildman–Crippen MR) is 222 cm³/mol. The Morgan fingerprint density at radius 3 is 1.07 bits per heavy atom. The van der Waals surface area contributed by atoms with E-state index in [9.17, 15) is 0 Å². The molecule has 4 aromatic carbocycles. The molecule has 4 fully saturated rings. The third kappa shape index (κ3) is 6.08. The number of rotatable bonds is 10. The molecule has 2 aliphatic carbocycles. The van der Waals surface area contributed by atoms with Gasteiger partial charge in [-0.15, -0.1) is 0 Å². The van der Waals surface area contributed by atoms with Gasteiger partial charge in [-0.05, 0) is 98.3 Å². The first kappa shape index (κ1) is 38.6. The van der Waals surface area contributed by atoms with Crippen LogP contribution in [0.25, 0.3) is 0 Å². The highest BCUT2D eigenvalue weighted by Crippen LogP contribution is 2.74. The van der Waals surface area contributed by atoms with Gasteiger partial charge in [-0.1, -0.05) is 166 Å². The lowest BCUT2D eigenvalue weighted by Crippen LogP contribution is -2.64. The van der Waals surface area contributed by atoms with Gasteiger partial charge in [0.05, 0.1) is 0 Å². The van der Waals surface area contributed by atoms with Crippen LogP contribution in [0.2, 0.25) is 0 Å². The first-order valence-corrected chi connectivity index (χ1v) is 21.3. The van der Waals surface area contributed by atoms with Crippen molar-refractivity contribution in [2.45, 2.75) is 166 Å². The van der Waals surface area contributed by atoms with Crippen molar-refractivity contribution in [1.82, 2.24) is 0 Å². The van der Waals surface area contributed by atoms with Gasteiger partial charge < -0.3 is 0 Å². The Kier molecular flexibility index (Phi) is 9.80. The summed E-state index contributed by atoms with van der Waals surface area (Å²) >= 11 is 0. The topological polar surface area (TPSA) is 50.1 Å². The van der Waals surface area contributed by atoms with Crippen molar-refractivity contribution < 1.29 is 19.6 Å². The van der Waals surface area contributed by atoms with E-state index in [2.05, 4.69) is 166 Å². The molecule has 292 valence electrons. The molecule has 2 aliphatic heterocycles. The third-order valence-corrected chi connectivity index (χ3v) is 15.0. The smallest absolute Gasteiger partial charge is 0.195 e. The van der Waals surface area contributed by atoms with Crippen LogP contribution in [-0.4, -0.2) is 11.6 Å². The maximum absolute atomic E-state index is 6.05. The van der Waals surface area contributed by atoms with Gasteiger partial charge in [-0.2, -0.15) is 19.6 Å². The van der Waals surface area contributed by atoms with E-state index < -0.39 is 11.6 Å². The van der Waals surface area contributed by atoms with Crippen LogP contribution in [0.5, 0.6) is 0 Å². The summed E-state index contributed by atoms with van der Waals surface area (Å²) in [5.41, 5.74) is 10.6. The predicted octanol–water partition coefficient (Wildman–Crippen LogP) is 13.6. The molecule has 4 unspecified atom stereocenters. The van der Waals surface area contributed by atoms with E-state index in [1.54, 1.807) is 0 Å². The standard InChI is InChI=1S/C51H64O4/c1-33(2)37-19-11-13-23-41(37)45-31-48(52-53-48)27-29-50(45,43-25-17-15-21-39(43)35(5)6)47(9,10)51(44-26-18-16-22-40(44)36(7)8)30-28-49(54-55-49)32-46(51)42-24-14-12-20-38(42)34(3)4/h11-26,33-36,45-46H,27-32H2,1-10H3. The number of benzene rings is 4. The highest BCUT2D eigenvalue weighted by Gasteiger charge is 2.72. The number of hydrogen-bond donors (Lipinski definition) is 0. The summed E-state index contributed by atoms with van der Waals surface area (Å²) < 4.78 is 0. The van der Waals surface area contributed by atoms with Crippen molar-refractivity contribution >= 4 is 0 Å². The van der Waals surface area contributed by atoms with Crippen molar-refractivity contribution in [3.63, 3.8) is 0 Å². The Bertz CT molecular complexity index is 1870. The van der Waals surface area contributed by atoms with Crippen molar-refractivity contribution in [2.24, 2.45) is 5.41 Å². The van der Waals surface area contributed by atoms with Crippen LogP contribution in [0.1, 0.15) is 188 Å². The first-order valence-electron chi connectivity index (χ1n) is 21.3. The van der Waals surface area contributed by atoms with Gasteiger partial charge in [0, 0.05) is 36.5 Å². The van der Waals surface area contributed by atoms with Crippen molar-refractivity contribution in [1.29, 1.82) is 0 Å². The molecule has 0 aromatic heterocycles. The molecule has 4 heteroatoms. The second kappa shape index (κ2) is 14.0. The molecule has 4 aliphatic rings. The Morgan fingerprint density at radius 1 is 0.436 bits per heavy atom. The molecule has 0 radical (unpaired) electrons. The van der Waals surface area contributed by atoms with Crippen molar-refractivity contribution in [3.05, 3.63) is 142 Å². The van der Waals surface area contributed by atoms with Gasteiger partial charge in [-0.25, -0.2) is 0 Å². The van der Waals surface area contributed by atoms with Crippen LogP contribution in [0.3, 0.4) is 0 Å². The minimum atomic E-state index is -0.542. The average molecular weight is 741 g/mol. The summed E-state index contributed by atoms with van der Waals surface area (Å²) in [6.45, 7) is 24.3. The summed E-state index contributed by atoms with van der Waals surface area (Å²) in [6.07, 6.45) is 5.24. The average Bonchev–Trinajstić information content (AvgIpc) is 4.12. The maximum Gasteiger partial charge on any atom is 0.234 e. The fraction of sp³-hybridized carbons (Fsp3) is 0.529. The van der Waals surface area contributed by atoms with Crippen LogP contribution in [0.4, 0.5) is 0 Å². The lowest BCUT2D eigenvalue weighted by atomic mass is 9.36. The van der Waals surface area contributed by atoms with Gasteiger partial charge in [0.25, 0.3) is 0 Å². The third-order valence-electron chi connectivity index (χ3n) is 15.0. The molecule has 0 bridgehead atoms. The highest BCUT2D eigenvalue weighted by molar-refractivity contribution is 5.53. The van der Waals surface area contributed by atoms with Crippen LogP contribution in [0, 0.1) is 5.41 Å². The van der Waals surface area contributed by atoms with Gasteiger partial charge in [0.2, 0.25) is 11.6 Å². The van der Waals surface area contributed by atoms with E-state index in [0.717, 1.165) is 38.5 Å². The van der Waals surface area contributed by atoms with Gasteiger partial charge in [0.15, 0.2) is 0 Å². The molecule has 4 atom stereocenters. The van der Waals surface area contributed by atoms with Gasteiger partial charge >= 0.3 is 0 Å². The zero-order valence-corrected chi connectivity index (χ0v) is 35.1. The van der Waals surface area contributed by atoms with E-state index in [0.29, 0.717) is 23.7 Å². The van der Waals surface area contributed by atoms with Crippen molar-refractivity contribution in [3.8, 4) is 0 Å². The first-order chi connectivity index (χ1) is 26.2. The Hall–Kier alpha value is -3.28. The summed E-state index contributed by atoms with van der Waals surface area (Å²) in [4.78, 5) is 24.2. The highest BCUT2D eigenvalue weighted by atomic mass is 17.4. The zero-order chi connectivity index (χ0) is 39.0. The second-order valence-corrected chi connectivity index (χ2v) is 19.3. The molecule has 55 heavy (non-hydrogen) atoms. The summed E-state index contributed by atoms with van der Waals surface area (Å²) in [5.74, 6) is 0.630. The molecule has 2 heterocycles. The van der Waals surface area contributed by atoms with E-state index in [1.165, 1.54) is 44.5 Å². The van der Waals surface area contributed by atoms with Crippen LogP contribution >= 0.6 is 0 Å². The summed E-state index contributed by atoms with van der Waals surface area (Å²) in [7, 11) is 0. The monoisotopic (exact) mass is 740 g/mol. The lowest BCUT2D eigenvalue weighted by molar-refractivity contribution is -0.0542. The van der Waals surface area contributed by atoms with E-state index in [4.69, 9.17) is 19.6 Å². The van der Waals surface area contributed by atoms with E-state index in [-0.39, 0.29) is 28.1 Å². The molecular formula is C51H64O4. The van der Waals surface area contributed by atoms with E-state index >= 15 is 0 Å². The fourth-order valence-corrected chi connectivity index (χ4v) is 12.2. The second-order valence-electron chi connectivity index (χ2n) is 19.3. The molecular weight excluding hydrogens is 677 g/mol. The van der Waals surface area contributed by atoms with Gasteiger partial charge in [0.1, 0.15) is 0 Å². The Labute approximate surface area is 331 Å². The summed E-state index contributed by atoms with van der Waals surface area (Å²) in [6, 6.07) is 37.6. The SMILES string of the molecule is CC(C)c1ccccc1C1CC2(CCC1(c1ccccc1C(C)C)C(C)(C)C1(c3ccccc3C(C)C)CCC3(CC1c1ccccc1C(C)C)OO3)OO2. The van der Waals surface area contributed by atoms with Crippen LogP contribution in [-0.2, 0) is 30.4 Å². The summed E-state index contributed by atoms with van der Waals surface area (Å²) in [5, 5.41) is 0.